The van der Waals surface area contributed by atoms with E-state index in [0.29, 0.717) is 5.56 Å². The van der Waals surface area contributed by atoms with Crippen molar-refractivity contribution in [2.45, 2.75) is 6.42 Å². The number of rotatable bonds is 2. The van der Waals surface area contributed by atoms with Crippen LogP contribution in [-0.2, 0) is 6.42 Å². The first-order chi connectivity index (χ1) is 8.79. The van der Waals surface area contributed by atoms with Crippen molar-refractivity contribution in [1.29, 1.82) is 0 Å². The Morgan fingerprint density at radius 2 is 1.89 bits per heavy atom. The molecular formula is C15H12N2O. The van der Waals surface area contributed by atoms with Gasteiger partial charge in [-0.1, -0.05) is 36.4 Å². The third-order valence-electron chi connectivity index (χ3n) is 3.27. The Morgan fingerprint density at radius 1 is 1.11 bits per heavy atom. The predicted octanol–water partition coefficient (Wildman–Crippen LogP) is 2.39. The van der Waals surface area contributed by atoms with E-state index in [9.17, 15) is 4.79 Å². The lowest BCUT2D eigenvalue weighted by atomic mass is 10.0. The zero-order valence-electron chi connectivity index (χ0n) is 9.76. The highest BCUT2D eigenvalue weighted by Gasteiger charge is 2.18. The number of nitrogens with two attached hydrogens (primary N) is 1. The van der Waals surface area contributed by atoms with Gasteiger partial charge in [0.25, 0.3) is 0 Å². The number of hydrazone groups is 1. The lowest BCUT2D eigenvalue weighted by Gasteiger charge is -2.02. The molecule has 1 aliphatic rings. The van der Waals surface area contributed by atoms with Gasteiger partial charge in [0, 0.05) is 5.56 Å². The molecule has 0 bridgehead atoms. The van der Waals surface area contributed by atoms with Crippen LogP contribution in [0.3, 0.4) is 0 Å². The van der Waals surface area contributed by atoms with Crippen molar-refractivity contribution in [3.8, 4) is 11.1 Å². The van der Waals surface area contributed by atoms with Crippen LogP contribution >= 0.6 is 0 Å². The first-order valence-electron chi connectivity index (χ1n) is 5.78. The predicted molar refractivity (Wildman–Crippen MR) is 71.7 cm³/mol. The summed E-state index contributed by atoms with van der Waals surface area (Å²) >= 11 is 0. The molecule has 0 spiro atoms. The summed E-state index contributed by atoms with van der Waals surface area (Å²) in [6, 6.07) is 14.1. The average Bonchev–Trinajstić information content (AvgIpc) is 2.76. The molecule has 0 radical (unpaired) electrons. The fraction of sp³-hybridized carbons (Fsp3) is 0.0667. The highest BCUT2D eigenvalue weighted by atomic mass is 16.1. The second-order valence-electron chi connectivity index (χ2n) is 4.35. The van der Waals surface area contributed by atoms with E-state index < -0.39 is 0 Å². The summed E-state index contributed by atoms with van der Waals surface area (Å²) in [4.78, 5) is 11.7. The van der Waals surface area contributed by atoms with Crippen molar-refractivity contribution in [2.24, 2.45) is 10.9 Å². The zero-order valence-corrected chi connectivity index (χ0v) is 9.76. The zero-order chi connectivity index (χ0) is 12.5. The lowest BCUT2D eigenvalue weighted by molar-refractivity contribution is 0.107. The number of hydrogen-bond donors (Lipinski definition) is 1. The largest absolute Gasteiger partial charge is 0.323 e. The molecule has 88 valence electrons. The van der Waals surface area contributed by atoms with Crippen LogP contribution in [-0.4, -0.2) is 12.0 Å². The standard InChI is InChI=1S/C15H12N2O/c16-17-9-15(18)11-5-6-14-12(8-11)7-10-3-1-2-4-13(10)14/h1-6,8-9H,7,16H2/b17-9-. The summed E-state index contributed by atoms with van der Waals surface area (Å²) < 4.78 is 0. The van der Waals surface area contributed by atoms with Crippen LogP contribution in [0.25, 0.3) is 11.1 Å². The molecule has 18 heavy (non-hydrogen) atoms. The fourth-order valence-corrected chi connectivity index (χ4v) is 2.44. The minimum absolute atomic E-state index is 0.156. The molecule has 2 aromatic rings. The van der Waals surface area contributed by atoms with E-state index >= 15 is 0 Å². The molecule has 0 amide bonds. The van der Waals surface area contributed by atoms with E-state index in [4.69, 9.17) is 5.84 Å². The van der Waals surface area contributed by atoms with Crippen molar-refractivity contribution in [3.63, 3.8) is 0 Å². The van der Waals surface area contributed by atoms with Crippen LogP contribution in [0, 0.1) is 0 Å². The molecular weight excluding hydrogens is 224 g/mol. The molecule has 2 aromatic carbocycles. The van der Waals surface area contributed by atoms with Gasteiger partial charge in [-0.2, -0.15) is 5.10 Å². The van der Waals surface area contributed by atoms with Crippen LogP contribution in [0.5, 0.6) is 0 Å². The smallest absolute Gasteiger partial charge is 0.205 e. The second kappa shape index (κ2) is 4.11. The number of carbonyl (C=O) groups is 1. The lowest BCUT2D eigenvalue weighted by Crippen LogP contribution is -2.02. The van der Waals surface area contributed by atoms with Gasteiger partial charge in [0.1, 0.15) is 0 Å². The van der Waals surface area contributed by atoms with E-state index in [1.807, 2.05) is 30.3 Å². The van der Waals surface area contributed by atoms with Crippen LogP contribution in [0.1, 0.15) is 21.5 Å². The summed E-state index contributed by atoms with van der Waals surface area (Å²) in [5.74, 6) is 4.84. The molecule has 0 atom stereocenters. The highest BCUT2D eigenvalue weighted by Crippen LogP contribution is 2.36. The third-order valence-corrected chi connectivity index (χ3v) is 3.27. The van der Waals surface area contributed by atoms with Crippen LogP contribution in [0.15, 0.2) is 47.6 Å². The second-order valence-corrected chi connectivity index (χ2v) is 4.35. The molecule has 0 saturated carbocycles. The normalized spacial score (nSPS) is 12.4. The summed E-state index contributed by atoms with van der Waals surface area (Å²) in [7, 11) is 0. The number of carbonyl (C=O) groups excluding carboxylic acids is 1. The topological polar surface area (TPSA) is 55.4 Å². The molecule has 0 saturated heterocycles. The van der Waals surface area contributed by atoms with Gasteiger partial charge in [0.2, 0.25) is 5.78 Å². The maximum Gasteiger partial charge on any atom is 0.205 e. The van der Waals surface area contributed by atoms with E-state index in [1.165, 1.54) is 22.3 Å². The first-order valence-corrected chi connectivity index (χ1v) is 5.78. The van der Waals surface area contributed by atoms with Crippen molar-refractivity contribution >= 4 is 12.0 Å². The summed E-state index contributed by atoms with van der Waals surface area (Å²) in [5.41, 5.74) is 5.61. The van der Waals surface area contributed by atoms with Gasteiger partial charge in [-0.25, -0.2) is 0 Å². The summed E-state index contributed by atoms with van der Waals surface area (Å²) in [6.07, 6.45) is 2.02. The minimum Gasteiger partial charge on any atom is -0.323 e. The van der Waals surface area contributed by atoms with Crippen LogP contribution < -0.4 is 5.84 Å². The SMILES string of the molecule is N/N=C\C(=O)c1ccc2c(c1)Cc1ccccc1-2. The number of ketones is 1. The van der Waals surface area contributed by atoms with Gasteiger partial charge in [0.05, 0.1) is 6.21 Å². The van der Waals surface area contributed by atoms with E-state index in [0.717, 1.165) is 12.6 Å². The Morgan fingerprint density at radius 3 is 2.72 bits per heavy atom. The van der Waals surface area contributed by atoms with E-state index in [2.05, 4.69) is 17.2 Å². The maximum atomic E-state index is 11.7. The van der Waals surface area contributed by atoms with Crippen LogP contribution in [0.4, 0.5) is 0 Å². The molecule has 0 aliphatic heterocycles. The Kier molecular flexibility index (Phi) is 2.45. The summed E-state index contributed by atoms with van der Waals surface area (Å²) in [6.45, 7) is 0. The van der Waals surface area contributed by atoms with Gasteiger partial charge < -0.3 is 5.84 Å². The third kappa shape index (κ3) is 1.61. The minimum atomic E-state index is -0.156. The molecule has 0 aromatic heterocycles. The van der Waals surface area contributed by atoms with Crippen molar-refractivity contribution < 1.29 is 4.79 Å². The molecule has 3 rings (SSSR count). The van der Waals surface area contributed by atoms with Crippen LogP contribution in [0.2, 0.25) is 0 Å². The molecule has 0 fully saturated rings. The van der Waals surface area contributed by atoms with Gasteiger partial charge in [-0.05, 0) is 34.7 Å². The number of hydrogen-bond acceptors (Lipinski definition) is 3. The Hall–Kier alpha value is -2.42. The molecule has 1 aliphatic carbocycles. The first kappa shape index (κ1) is 10.7. The molecule has 0 unspecified atom stereocenters. The highest BCUT2D eigenvalue weighted by molar-refractivity contribution is 6.35. The number of Topliss-reactive ketones (excluding diaryl/α,β-unsaturated/α-hetero) is 1. The van der Waals surface area contributed by atoms with Gasteiger partial charge in [-0.15, -0.1) is 0 Å². The van der Waals surface area contributed by atoms with Gasteiger partial charge in [0.15, 0.2) is 0 Å². The van der Waals surface area contributed by atoms with Crippen molar-refractivity contribution in [3.05, 3.63) is 59.2 Å². The average molecular weight is 236 g/mol. The quantitative estimate of drug-likeness (QED) is 0.321. The van der Waals surface area contributed by atoms with E-state index in [1.54, 1.807) is 0 Å². The summed E-state index contributed by atoms with van der Waals surface area (Å²) in [5, 5.41) is 3.27. The Bertz CT molecular complexity index is 659. The van der Waals surface area contributed by atoms with E-state index in [-0.39, 0.29) is 5.78 Å². The molecule has 2 N–H and O–H groups in total. The molecule has 3 nitrogen and oxygen atoms in total. The monoisotopic (exact) mass is 236 g/mol. The maximum absolute atomic E-state index is 11.7. The van der Waals surface area contributed by atoms with Crippen molar-refractivity contribution in [2.75, 3.05) is 0 Å². The van der Waals surface area contributed by atoms with Crippen molar-refractivity contribution in [1.82, 2.24) is 0 Å². The van der Waals surface area contributed by atoms with Gasteiger partial charge >= 0.3 is 0 Å². The number of fused-ring (bicyclic) bond motifs is 3. The number of nitrogens with zero attached hydrogens (tertiary/aromatic N) is 1. The fourth-order valence-electron chi connectivity index (χ4n) is 2.44. The Balaban J connectivity index is 2.06. The Labute approximate surface area is 105 Å². The van der Waals surface area contributed by atoms with Gasteiger partial charge in [-0.3, -0.25) is 4.79 Å². The molecule has 3 heteroatoms. The molecule has 0 heterocycles. The number of benzene rings is 2.